The molecule has 0 fully saturated rings. The Morgan fingerprint density at radius 1 is 1.11 bits per heavy atom. The molecule has 1 N–H and O–H groups in total. The third kappa shape index (κ3) is 2.66. The van der Waals surface area contributed by atoms with Crippen LogP contribution in [0.3, 0.4) is 0 Å². The lowest BCUT2D eigenvalue weighted by atomic mass is 10.0. The quantitative estimate of drug-likeness (QED) is 0.902. The molecule has 3 nitrogen and oxygen atoms in total. The van der Waals surface area contributed by atoms with Gasteiger partial charge in [0.05, 0.1) is 25.9 Å². The first-order valence-electron chi connectivity index (χ1n) is 5.67. The highest BCUT2D eigenvalue weighted by Gasteiger charge is 2.19. The van der Waals surface area contributed by atoms with E-state index in [1.54, 1.807) is 25.6 Å². The fourth-order valence-electron chi connectivity index (χ4n) is 1.93. The number of hydrogen-bond donors (Lipinski definition) is 1. The molecule has 0 aliphatic carbocycles. The van der Waals surface area contributed by atoms with E-state index in [0.29, 0.717) is 23.5 Å². The first-order valence-corrected chi connectivity index (χ1v) is 6.55. The van der Waals surface area contributed by atoms with Crippen molar-refractivity contribution in [1.29, 1.82) is 0 Å². The van der Waals surface area contributed by atoms with E-state index in [-0.39, 0.29) is 0 Å². The summed E-state index contributed by atoms with van der Waals surface area (Å²) in [5, 5.41) is 12.4. The van der Waals surface area contributed by atoms with Crippen LogP contribution >= 0.6 is 11.3 Å². The average molecular weight is 264 g/mol. The molecule has 4 heteroatoms. The smallest absolute Gasteiger partial charge is 0.128 e. The van der Waals surface area contributed by atoms with Gasteiger partial charge in [-0.1, -0.05) is 12.1 Å². The van der Waals surface area contributed by atoms with Crippen LogP contribution < -0.4 is 9.47 Å². The van der Waals surface area contributed by atoms with Gasteiger partial charge in [-0.2, -0.15) is 0 Å². The molecule has 2 rings (SSSR count). The molecule has 0 aliphatic heterocycles. The normalized spacial score (nSPS) is 12.2. The Balaban J connectivity index is 2.30. The first-order chi connectivity index (χ1) is 8.76. The maximum atomic E-state index is 10.4. The second-order valence-electron chi connectivity index (χ2n) is 3.88. The Labute approximate surface area is 111 Å². The van der Waals surface area contributed by atoms with Gasteiger partial charge in [0.15, 0.2) is 0 Å². The van der Waals surface area contributed by atoms with Gasteiger partial charge in [-0.25, -0.2) is 0 Å². The summed E-state index contributed by atoms with van der Waals surface area (Å²) in [5.41, 5.74) is 0.705. The molecular weight excluding hydrogens is 248 g/mol. The van der Waals surface area contributed by atoms with Crippen LogP contribution in [0.5, 0.6) is 11.5 Å². The van der Waals surface area contributed by atoms with Crippen molar-refractivity contribution in [2.45, 2.75) is 12.5 Å². The standard InChI is InChI=1S/C14H16O3S/c1-16-12-6-3-7-13(17-2)14(12)11(15)9-10-5-4-8-18-10/h3-8,11,15H,9H2,1-2H3. The lowest BCUT2D eigenvalue weighted by molar-refractivity contribution is 0.170. The second kappa shape index (κ2) is 5.89. The third-order valence-corrected chi connectivity index (χ3v) is 3.67. The highest BCUT2D eigenvalue weighted by atomic mass is 32.1. The van der Waals surface area contributed by atoms with Crippen molar-refractivity contribution in [3.05, 3.63) is 46.2 Å². The maximum absolute atomic E-state index is 10.4. The van der Waals surface area contributed by atoms with Crippen LogP contribution in [0.25, 0.3) is 0 Å². The zero-order valence-electron chi connectivity index (χ0n) is 10.4. The molecule has 0 saturated heterocycles. The molecular formula is C14H16O3S. The van der Waals surface area contributed by atoms with Crippen LogP contribution in [0.2, 0.25) is 0 Å². The van der Waals surface area contributed by atoms with E-state index in [2.05, 4.69) is 0 Å². The van der Waals surface area contributed by atoms with Crippen molar-refractivity contribution >= 4 is 11.3 Å². The highest BCUT2D eigenvalue weighted by Crippen LogP contribution is 2.35. The minimum atomic E-state index is -0.630. The minimum absolute atomic E-state index is 0.564. The number of rotatable bonds is 5. The summed E-state index contributed by atoms with van der Waals surface area (Å²) < 4.78 is 10.6. The van der Waals surface area contributed by atoms with Gasteiger partial charge in [-0.3, -0.25) is 0 Å². The van der Waals surface area contributed by atoms with E-state index in [0.717, 1.165) is 4.88 Å². The largest absolute Gasteiger partial charge is 0.496 e. The SMILES string of the molecule is COc1cccc(OC)c1C(O)Cc1cccs1. The van der Waals surface area contributed by atoms with Gasteiger partial charge in [0, 0.05) is 11.3 Å². The van der Waals surface area contributed by atoms with Crippen molar-refractivity contribution < 1.29 is 14.6 Å². The molecule has 2 aromatic rings. The molecule has 1 aromatic carbocycles. The first kappa shape index (κ1) is 12.9. The van der Waals surface area contributed by atoms with E-state index in [9.17, 15) is 5.11 Å². The van der Waals surface area contributed by atoms with E-state index >= 15 is 0 Å². The number of ether oxygens (including phenoxy) is 2. The Morgan fingerprint density at radius 3 is 2.28 bits per heavy atom. The van der Waals surface area contributed by atoms with Crippen molar-refractivity contribution in [3.63, 3.8) is 0 Å². The molecule has 0 saturated carbocycles. The van der Waals surface area contributed by atoms with E-state index in [4.69, 9.17) is 9.47 Å². The van der Waals surface area contributed by atoms with Crippen molar-refractivity contribution in [1.82, 2.24) is 0 Å². The van der Waals surface area contributed by atoms with E-state index in [1.165, 1.54) is 0 Å². The average Bonchev–Trinajstić information content (AvgIpc) is 2.90. The van der Waals surface area contributed by atoms with E-state index < -0.39 is 6.10 Å². The number of benzene rings is 1. The summed E-state index contributed by atoms with van der Waals surface area (Å²) in [7, 11) is 3.19. The lowest BCUT2D eigenvalue weighted by Gasteiger charge is -2.17. The van der Waals surface area contributed by atoms with Crippen LogP contribution in [0.15, 0.2) is 35.7 Å². The molecule has 1 heterocycles. The fraction of sp³-hybridized carbons (Fsp3) is 0.286. The number of hydrogen-bond acceptors (Lipinski definition) is 4. The van der Waals surface area contributed by atoms with Crippen LogP contribution in [0.4, 0.5) is 0 Å². The summed E-state index contributed by atoms with van der Waals surface area (Å²) in [6.07, 6.45) is -0.0660. The molecule has 0 radical (unpaired) electrons. The topological polar surface area (TPSA) is 38.7 Å². The van der Waals surface area contributed by atoms with Gasteiger partial charge in [-0.05, 0) is 23.6 Å². The summed E-state index contributed by atoms with van der Waals surface area (Å²) in [6.45, 7) is 0. The van der Waals surface area contributed by atoms with Crippen LogP contribution in [0.1, 0.15) is 16.5 Å². The fourth-order valence-corrected chi connectivity index (χ4v) is 2.67. The van der Waals surface area contributed by atoms with Crippen molar-refractivity contribution in [2.24, 2.45) is 0 Å². The van der Waals surface area contributed by atoms with Gasteiger partial charge in [0.25, 0.3) is 0 Å². The monoisotopic (exact) mass is 264 g/mol. The molecule has 1 aromatic heterocycles. The molecule has 0 spiro atoms. The van der Waals surface area contributed by atoms with E-state index in [1.807, 2.05) is 35.7 Å². The predicted octanol–water partition coefficient (Wildman–Crippen LogP) is 3.04. The Hall–Kier alpha value is -1.52. The summed E-state index contributed by atoms with van der Waals surface area (Å²) >= 11 is 1.63. The lowest BCUT2D eigenvalue weighted by Crippen LogP contribution is -2.05. The minimum Gasteiger partial charge on any atom is -0.496 e. The Bertz CT molecular complexity index is 471. The van der Waals surface area contributed by atoms with Crippen LogP contribution in [-0.4, -0.2) is 19.3 Å². The van der Waals surface area contributed by atoms with Gasteiger partial charge < -0.3 is 14.6 Å². The summed E-state index contributed by atoms with van der Waals surface area (Å²) in [6, 6.07) is 9.49. The summed E-state index contributed by atoms with van der Waals surface area (Å²) in [5.74, 6) is 1.30. The molecule has 0 aliphatic rings. The van der Waals surface area contributed by atoms with Crippen LogP contribution in [-0.2, 0) is 6.42 Å². The molecule has 0 amide bonds. The van der Waals surface area contributed by atoms with Gasteiger partial charge in [-0.15, -0.1) is 11.3 Å². The van der Waals surface area contributed by atoms with Gasteiger partial charge in [0.1, 0.15) is 11.5 Å². The highest BCUT2D eigenvalue weighted by molar-refractivity contribution is 7.09. The zero-order chi connectivity index (χ0) is 13.0. The summed E-state index contributed by atoms with van der Waals surface area (Å²) in [4.78, 5) is 1.13. The van der Waals surface area contributed by atoms with Crippen molar-refractivity contribution in [2.75, 3.05) is 14.2 Å². The van der Waals surface area contributed by atoms with Crippen molar-refractivity contribution in [3.8, 4) is 11.5 Å². The Kier molecular flexibility index (Phi) is 4.23. The number of methoxy groups -OCH3 is 2. The van der Waals surface area contributed by atoms with Gasteiger partial charge in [0.2, 0.25) is 0 Å². The molecule has 1 unspecified atom stereocenters. The maximum Gasteiger partial charge on any atom is 0.128 e. The molecule has 96 valence electrons. The molecule has 1 atom stereocenters. The van der Waals surface area contributed by atoms with Gasteiger partial charge >= 0.3 is 0 Å². The predicted molar refractivity (Wildman–Crippen MR) is 72.5 cm³/mol. The number of aliphatic hydroxyl groups excluding tert-OH is 1. The second-order valence-corrected chi connectivity index (χ2v) is 4.91. The number of thiophene rings is 1. The molecule has 18 heavy (non-hydrogen) atoms. The third-order valence-electron chi connectivity index (χ3n) is 2.77. The molecule has 0 bridgehead atoms. The number of aliphatic hydroxyl groups is 1. The zero-order valence-corrected chi connectivity index (χ0v) is 11.2. The Morgan fingerprint density at radius 2 is 1.78 bits per heavy atom. The van der Waals surface area contributed by atoms with Crippen LogP contribution in [0, 0.1) is 0 Å².